The van der Waals surface area contributed by atoms with Gasteiger partial charge in [-0.1, -0.05) is 26.0 Å². The Morgan fingerprint density at radius 3 is 2.58 bits per heavy atom. The molecule has 1 aromatic heterocycles. The molecule has 2 aromatic rings. The molecule has 5 nitrogen and oxygen atoms in total. The molecule has 5 heteroatoms. The second-order valence-corrected chi connectivity index (χ2v) is 4.23. The van der Waals surface area contributed by atoms with Gasteiger partial charge in [-0.05, 0) is 30.7 Å². The van der Waals surface area contributed by atoms with E-state index in [-0.39, 0.29) is 5.82 Å². The molecule has 1 N–H and O–H groups in total. The average molecular weight is 255 g/mol. The van der Waals surface area contributed by atoms with Crippen LogP contribution in [0.1, 0.15) is 37.7 Å². The fourth-order valence-corrected chi connectivity index (χ4v) is 2.04. The third-order valence-electron chi connectivity index (χ3n) is 3.01. The number of benzene rings is 1. The topological polar surface area (TPSA) is 66.5 Å². The van der Waals surface area contributed by atoms with Gasteiger partial charge in [0.05, 0.1) is 5.69 Å². The second-order valence-electron chi connectivity index (χ2n) is 4.23. The van der Waals surface area contributed by atoms with Gasteiger partial charge in [0, 0.05) is 6.04 Å². The van der Waals surface area contributed by atoms with Crippen LogP contribution in [0.2, 0.25) is 0 Å². The third kappa shape index (κ3) is 2.98. The van der Waals surface area contributed by atoms with Crippen molar-refractivity contribution in [2.75, 3.05) is 6.54 Å². The Hall–Kier alpha value is -2.19. The van der Waals surface area contributed by atoms with Crippen LogP contribution in [0.15, 0.2) is 30.6 Å². The van der Waals surface area contributed by atoms with Crippen LogP contribution in [-0.4, -0.2) is 21.3 Å². The molecular formula is C14H17N5. The molecule has 1 atom stereocenters. The molecule has 1 unspecified atom stereocenters. The van der Waals surface area contributed by atoms with E-state index in [0.717, 1.165) is 18.7 Å². The Morgan fingerprint density at radius 2 is 2.05 bits per heavy atom. The van der Waals surface area contributed by atoms with Gasteiger partial charge in [0.2, 0.25) is 0 Å². The number of nitriles is 1. The third-order valence-corrected chi connectivity index (χ3v) is 3.01. The monoisotopic (exact) mass is 255 g/mol. The summed E-state index contributed by atoms with van der Waals surface area (Å²) in [5, 5.41) is 16.2. The number of nitrogens with one attached hydrogen (secondary N) is 1. The number of rotatable bonds is 5. The predicted molar refractivity (Wildman–Crippen MR) is 72.8 cm³/mol. The van der Waals surface area contributed by atoms with E-state index in [2.05, 4.69) is 41.4 Å². The first-order chi connectivity index (χ1) is 9.28. The van der Waals surface area contributed by atoms with Crippen LogP contribution in [0, 0.1) is 11.3 Å². The van der Waals surface area contributed by atoms with Crippen LogP contribution in [0.4, 0.5) is 0 Å². The SMILES string of the molecule is CCNC(CC)c1ccc(-n2cnc(C#N)n2)cc1. The summed E-state index contributed by atoms with van der Waals surface area (Å²) in [6.45, 7) is 5.22. The fourth-order valence-electron chi connectivity index (χ4n) is 2.04. The molecule has 1 heterocycles. The molecule has 0 saturated heterocycles. The highest BCUT2D eigenvalue weighted by Crippen LogP contribution is 2.18. The van der Waals surface area contributed by atoms with Crippen molar-refractivity contribution in [2.24, 2.45) is 0 Å². The van der Waals surface area contributed by atoms with Crippen molar-refractivity contribution in [3.8, 4) is 11.8 Å². The maximum Gasteiger partial charge on any atom is 0.252 e. The van der Waals surface area contributed by atoms with Crippen LogP contribution in [0.3, 0.4) is 0 Å². The van der Waals surface area contributed by atoms with Crippen LogP contribution in [-0.2, 0) is 0 Å². The minimum absolute atomic E-state index is 0.183. The lowest BCUT2D eigenvalue weighted by molar-refractivity contribution is 0.537. The molecule has 0 aliphatic heterocycles. The van der Waals surface area contributed by atoms with E-state index in [4.69, 9.17) is 5.26 Å². The summed E-state index contributed by atoms with van der Waals surface area (Å²) < 4.78 is 1.61. The van der Waals surface area contributed by atoms with Crippen molar-refractivity contribution >= 4 is 0 Å². The van der Waals surface area contributed by atoms with Gasteiger partial charge in [-0.2, -0.15) is 5.26 Å². The van der Waals surface area contributed by atoms with Gasteiger partial charge in [0.15, 0.2) is 0 Å². The highest BCUT2D eigenvalue weighted by atomic mass is 15.3. The van der Waals surface area contributed by atoms with E-state index in [1.165, 1.54) is 5.56 Å². The number of hydrogen-bond donors (Lipinski definition) is 1. The van der Waals surface area contributed by atoms with Crippen molar-refractivity contribution in [2.45, 2.75) is 26.3 Å². The zero-order valence-corrected chi connectivity index (χ0v) is 11.2. The highest BCUT2D eigenvalue weighted by molar-refractivity contribution is 5.35. The van der Waals surface area contributed by atoms with Crippen LogP contribution < -0.4 is 5.32 Å². The van der Waals surface area contributed by atoms with E-state index in [1.54, 1.807) is 11.0 Å². The summed E-state index contributed by atoms with van der Waals surface area (Å²) in [5.74, 6) is 0.183. The zero-order chi connectivity index (χ0) is 13.7. The molecule has 0 aliphatic carbocycles. The maximum atomic E-state index is 8.71. The maximum absolute atomic E-state index is 8.71. The summed E-state index contributed by atoms with van der Waals surface area (Å²) in [7, 11) is 0. The molecular weight excluding hydrogens is 238 g/mol. The lowest BCUT2D eigenvalue weighted by Gasteiger charge is -2.16. The van der Waals surface area contributed by atoms with Crippen molar-refractivity contribution in [3.63, 3.8) is 0 Å². The summed E-state index contributed by atoms with van der Waals surface area (Å²) in [4.78, 5) is 3.89. The molecule has 0 saturated carbocycles. The summed E-state index contributed by atoms with van der Waals surface area (Å²) in [6.07, 6.45) is 2.60. The van der Waals surface area contributed by atoms with E-state index in [1.807, 2.05) is 18.2 Å². The minimum Gasteiger partial charge on any atom is -0.310 e. The summed E-state index contributed by atoms with van der Waals surface area (Å²) in [5.41, 5.74) is 2.16. The Balaban J connectivity index is 2.20. The average Bonchev–Trinajstić information content (AvgIpc) is 2.94. The largest absolute Gasteiger partial charge is 0.310 e. The molecule has 0 aliphatic rings. The lowest BCUT2D eigenvalue weighted by Crippen LogP contribution is -2.19. The Morgan fingerprint density at radius 1 is 1.32 bits per heavy atom. The van der Waals surface area contributed by atoms with Gasteiger partial charge in [0.25, 0.3) is 5.82 Å². The first-order valence-electron chi connectivity index (χ1n) is 6.44. The molecule has 98 valence electrons. The van der Waals surface area contributed by atoms with Crippen molar-refractivity contribution in [1.29, 1.82) is 5.26 Å². The van der Waals surface area contributed by atoms with Gasteiger partial charge in [0.1, 0.15) is 12.4 Å². The standard InChI is InChI=1S/C14H17N5/c1-3-13(16-4-2)11-5-7-12(8-6-11)19-10-17-14(9-15)18-19/h5-8,10,13,16H,3-4H2,1-2H3. The Labute approximate surface area is 112 Å². The molecule has 0 spiro atoms. The van der Waals surface area contributed by atoms with Crippen molar-refractivity contribution in [1.82, 2.24) is 20.1 Å². The van der Waals surface area contributed by atoms with Gasteiger partial charge < -0.3 is 5.32 Å². The zero-order valence-electron chi connectivity index (χ0n) is 11.2. The molecule has 0 fully saturated rings. The van der Waals surface area contributed by atoms with Gasteiger partial charge in [-0.3, -0.25) is 0 Å². The van der Waals surface area contributed by atoms with Gasteiger partial charge in [-0.15, -0.1) is 5.10 Å². The number of aromatic nitrogens is 3. The molecule has 19 heavy (non-hydrogen) atoms. The first-order valence-corrected chi connectivity index (χ1v) is 6.44. The molecule has 0 bridgehead atoms. The van der Waals surface area contributed by atoms with E-state index >= 15 is 0 Å². The Kier molecular flexibility index (Phi) is 4.26. The van der Waals surface area contributed by atoms with E-state index in [9.17, 15) is 0 Å². The van der Waals surface area contributed by atoms with Crippen molar-refractivity contribution in [3.05, 3.63) is 42.0 Å². The van der Waals surface area contributed by atoms with E-state index < -0.39 is 0 Å². The fraction of sp³-hybridized carbons (Fsp3) is 0.357. The van der Waals surface area contributed by atoms with Crippen molar-refractivity contribution < 1.29 is 0 Å². The van der Waals surface area contributed by atoms with Crippen LogP contribution in [0.25, 0.3) is 5.69 Å². The summed E-state index contributed by atoms with van der Waals surface area (Å²) >= 11 is 0. The second kappa shape index (κ2) is 6.12. The normalized spacial score (nSPS) is 12.1. The number of hydrogen-bond acceptors (Lipinski definition) is 4. The molecule has 0 radical (unpaired) electrons. The highest BCUT2D eigenvalue weighted by Gasteiger charge is 2.08. The smallest absolute Gasteiger partial charge is 0.252 e. The first kappa shape index (κ1) is 13.2. The van der Waals surface area contributed by atoms with Crippen LogP contribution in [0.5, 0.6) is 0 Å². The Bertz CT molecular complexity index is 564. The quantitative estimate of drug-likeness (QED) is 0.889. The molecule has 1 aromatic carbocycles. The molecule has 2 rings (SSSR count). The lowest BCUT2D eigenvalue weighted by atomic mass is 10.0. The van der Waals surface area contributed by atoms with Gasteiger partial charge >= 0.3 is 0 Å². The van der Waals surface area contributed by atoms with E-state index in [0.29, 0.717) is 6.04 Å². The number of nitrogens with zero attached hydrogens (tertiary/aromatic N) is 4. The summed E-state index contributed by atoms with van der Waals surface area (Å²) in [6, 6.07) is 10.4. The van der Waals surface area contributed by atoms with Crippen LogP contribution >= 0.6 is 0 Å². The van der Waals surface area contributed by atoms with Gasteiger partial charge in [-0.25, -0.2) is 9.67 Å². The predicted octanol–water partition coefficient (Wildman–Crippen LogP) is 2.20. The minimum atomic E-state index is 0.183. The molecule has 0 amide bonds.